The van der Waals surface area contributed by atoms with Crippen LogP contribution in [0, 0.1) is 0 Å². The van der Waals surface area contributed by atoms with Crippen LogP contribution in [0.5, 0.6) is 0 Å². The van der Waals surface area contributed by atoms with Crippen LogP contribution in [-0.4, -0.2) is 36.1 Å². The number of amides is 1. The number of rotatable bonds is 4. The van der Waals surface area contributed by atoms with E-state index in [9.17, 15) is 14.4 Å². The second kappa shape index (κ2) is 5.65. The summed E-state index contributed by atoms with van der Waals surface area (Å²) in [5, 5.41) is 2.35. The Labute approximate surface area is 101 Å². The summed E-state index contributed by atoms with van der Waals surface area (Å²) in [6.07, 6.45) is -0.237. The van der Waals surface area contributed by atoms with Gasteiger partial charge in [0, 0.05) is 6.92 Å². The lowest BCUT2D eigenvalue weighted by Gasteiger charge is -2.26. The van der Waals surface area contributed by atoms with Gasteiger partial charge in [-0.3, -0.25) is 4.79 Å². The monoisotopic (exact) mass is 245 g/mol. The Hall–Kier alpha value is -1.59. The van der Waals surface area contributed by atoms with Crippen LogP contribution >= 0.6 is 0 Å². The topological polar surface area (TPSA) is 81.7 Å². The number of aldehydes is 1. The molecule has 0 saturated heterocycles. The van der Waals surface area contributed by atoms with Crippen molar-refractivity contribution in [3.8, 4) is 0 Å². The minimum Gasteiger partial charge on any atom is -0.463 e. The predicted octanol–water partition coefficient (Wildman–Crippen LogP) is 1.03. The third-order valence-corrected chi connectivity index (χ3v) is 1.62. The Morgan fingerprint density at radius 3 is 2.12 bits per heavy atom. The highest BCUT2D eigenvalue weighted by Crippen LogP contribution is 2.09. The van der Waals surface area contributed by atoms with Crippen molar-refractivity contribution < 1.29 is 23.9 Å². The smallest absolute Gasteiger partial charge is 0.408 e. The Kier molecular flexibility index (Phi) is 5.12. The molecule has 6 nitrogen and oxygen atoms in total. The highest BCUT2D eigenvalue weighted by Gasteiger charge is 2.29. The van der Waals surface area contributed by atoms with E-state index in [1.165, 1.54) is 13.8 Å². The van der Waals surface area contributed by atoms with Gasteiger partial charge >= 0.3 is 12.1 Å². The molecular formula is C11H19NO5. The van der Waals surface area contributed by atoms with Gasteiger partial charge in [-0.25, -0.2) is 4.79 Å². The Balaban J connectivity index is 4.42. The summed E-state index contributed by atoms with van der Waals surface area (Å²) in [5.41, 5.74) is -1.94. The number of carbonyl (C=O) groups excluding carboxylic acids is 3. The summed E-state index contributed by atoms with van der Waals surface area (Å²) in [7, 11) is 0. The summed E-state index contributed by atoms with van der Waals surface area (Å²) in [5.74, 6) is -0.524. The molecule has 1 atom stereocenters. The van der Waals surface area contributed by atoms with Crippen LogP contribution in [0.1, 0.15) is 34.6 Å². The van der Waals surface area contributed by atoms with Crippen molar-refractivity contribution in [1.29, 1.82) is 0 Å². The van der Waals surface area contributed by atoms with E-state index in [1.54, 1.807) is 20.8 Å². The molecule has 6 heteroatoms. The quantitative estimate of drug-likeness (QED) is 0.591. The van der Waals surface area contributed by atoms with E-state index in [0.717, 1.165) is 0 Å². The first-order valence-electron chi connectivity index (χ1n) is 5.19. The number of esters is 1. The van der Waals surface area contributed by atoms with Crippen LogP contribution < -0.4 is 5.32 Å². The number of alkyl carbamates (subject to hydrolysis) is 1. The van der Waals surface area contributed by atoms with E-state index in [-0.39, 0.29) is 6.61 Å². The molecule has 0 fully saturated rings. The summed E-state index contributed by atoms with van der Waals surface area (Å²) < 4.78 is 9.68. The molecule has 1 N–H and O–H groups in total. The fourth-order valence-corrected chi connectivity index (χ4v) is 0.888. The van der Waals surface area contributed by atoms with E-state index >= 15 is 0 Å². The van der Waals surface area contributed by atoms with Crippen molar-refractivity contribution in [2.75, 3.05) is 6.61 Å². The van der Waals surface area contributed by atoms with Gasteiger partial charge in [-0.1, -0.05) is 0 Å². The van der Waals surface area contributed by atoms with Crippen molar-refractivity contribution in [2.45, 2.75) is 45.8 Å². The predicted molar refractivity (Wildman–Crippen MR) is 60.5 cm³/mol. The molecule has 98 valence electrons. The fraction of sp³-hybridized carbons (Fsp3) is 0.727. The van der Waals surface area contributed by atoms with Crippen molar-refractivity contribution in [3.63, 3.8) is 0 Å². The first kappa shape index (κ1) is 15.4. The summed E-state index contributed by atoms with van der Waals surface area (Å²) in [6.45, 7) is 7.54. The average molecular weight is 245 g/mol. The average Bonchev–Trinajstić information content (AvgIpc) is 2.11. The molecule has 0 aromatic rings. The number of ether oxygens (including phenoxy) is 2. The third-order valence-electron chi connectivity index (χ3n) is 1.62. The minimum absolute atomic E-state index is 0.231. The van der Waals surface area contributed by atoms with Gasteiger partial charge < -0.3 is 19.6 Å². The zero-order chi connectivity index (χ0) is 13.7. The molecule has 0 bridgehead atoms. The van der Waals surface area contributed by atoms with Gasteiger partial charge in [0.2, 0.25) is 0 Å². The van der Waals surface area contributed by atoms with Gasteiger partial charge in [0.15, 0.2) is 0 Å². The zero-order valence-corrected chi connectivity index (χ0v) is 10.8. The molecule has 1 amide bonds. The van der Waals surface area contributed by atoms with Crippen molar-refractivity contribution in [1.82, 2.24) is 5.32 Å². The molecule has 0 aromatic carbocycles. The largest absolute Gasteiger partial charge is 0.463 e. The molecule has 0 unspecified atom stereocenters. The number of carbonyl (C=O) groups is 3. The SMILES string of the molecule is CC(=O)OC[C@@](C)(C=O)NC(=O)OC(C)(C)C. The van der Waals surface area contributed by atoms with E-state index < -0.39 is 23.2 Å². The molecule has 0 heterocycles. The van der Waals surface area contributed by atoms with Crippen molar-refractivity contribution >= 4 is 18.3 Å². The second-order valence-electron chi connectivity index (χ2n) is 4.94. The van der Waals surface area contributed by atoms with Gasteiger partial charge in [-0.15, -0.1) is 0 Å². The van der Waals surface area contributed by atoms with Crippen LogP contribution in [0.2, 0.25) is 0 Å². The number of nitrogens with one attached hydrogen (secondary N) is 1. The molecule has 0 rings (SSSR count). The van der Waals surface area contributed by atoms with E-state index in [1.807, 2.05) is 0 Å². The first-order valence-corrected chi connectivity index (χ1v) is 5.19. The molecule has 0 aromatic heterocycles. The van der Waals surface area contributed by atoms with Gasteiger partial charge in [-0.05, 0) is 27.7 Å². The molecule has 0 radical (unpaired) electrons. The normalized spacial score (nSPS) is 14.4. The summed E-state index contributed by atoms with van der Waals surface area (Å²) in [4.78, 5) is 33.0. The molecule has 0 aliphatic carbocycles. The van der Waals surface area contributed by atoms with Crippen LogP contribution in [0.3, 0.4) is 0 Å². The maximum absolute atomic E-state index is 11.4. The van der Waals surface area contributed by atoms with Gasteiger partial charge in [0.25, 0.3) is 0 Å². The Bertz CT molecular complexity index is 307. The van der Waals surface area contributed by atoms with E-state index in [2.05, 4.69) is 10.1 Å². The maximum atomic E-state index is 11.4. The Morgan fingerprint density at radius 1 is 1.24 bits per heavy atom. The lowest BCUT2D eigenvalue weighted by atomic mass is 10.1. The standard InChI is InChI=1S/C11H19NO5/c1-8(14)16-7-11(5,6-13)12-9(15)17-10(2,3)4/h6H,7H2,1-5H3,(H,12,15)/t11-/m1/s1. The summed E-state index contributed by atoms with van der Waals surface area (Å²) in [6, 6.07) is 0. The van der Waals surface area contributed by atoms with Gasteiger partial charge in [0.05, 0.1) is 0 Å². The second-order valence-corrected chi connectivity index (χ2v) is 4.94. The van der Waals surface area contributed by atoms with Crippen molar-refractivity contribution in [3.05, 3.63) is 0 Å². The molecule has 17 heavy (non-hydrogen) atoms. The van der Waals surface area contributed by atoms with Crippen LogP contribution in [0.15, 0.2) is 0 Å². The first-order chi connectivity index (χ1) is 7.58. The third kappa shape index (κ3) is 7.32. The van der Waals surface area contributed by atoms with Gasteiger partial charge in [0.1, 0.15) is 24.0 Å². The van der Waals surface area contributed by atoms with Crippen molar-refractivity contribution in [2.24, 2.45) is 0 Å². The van der Waals surface area contributed by atoms with E-state index in [0.29, 0.717) is 6.29 Å². The highest BCUT2D eigenvalue weighted by molar-refractivity contribution is 5.77. The maximum Gasteiger partial charge on any atom is 0.408 e. The van der Waals surface area contributed by atoms with Crippen LogP contribution in [-0.2, 0) is 19.1 Å². The molecule has 0 aliphatic heterocycles. The van der Waals surface area contributed by atoms with Crippen LogP contribution in [0.25, 0.3) is 0 Å². The molecular weight excluding hydrogens is 226 g/mol. The van der Waals surface area contributed by atoms with Crippen LogP contribution in [0.4, 0.5) is 4.79 Å². The highest BCUT2D eigenvalue weighted by atomic mass is 16.6. The lowest BCUT2D eigenvalue weighted by molar-refractivity contribution is -0.143. The van der Waals surface area contributed by atoms with Gasteiger partial charge in [-0.2, -0.15) is 0 Å². The lowest BCUT2D eigenvalue weighted by Crippen LogP contribution is -2.52. The summed E-state index contributed by atoms with van der Waals surface area (Å²) >= 11 is 0. The Morgan fingerprint density at radius 2 is 1.76 bits per heavy atom. The number of hydrogen-bond acceptors (Lipinski definition) is 5. The minimum atomic E-state index is -1.28. The zero-order valence-electron chi connectivity index (χ0n) is 10.8. The molecule has 0 saturated carbocycles. The number of hydrogen-bond donors (Lipinski definition) is 1. The molecule has 0 spiro atoms. The fourth-order valence-electron chi connectivity index (χ4n) is 0.888. The van der Waals surface area contributed by atoms with E-state index in [4.69, 9.17) is 4.74 Å². The molecule has 0 aliphatic rings.